The zero-order valence-corrected chi connectivity index (χ0v) is 16.2. The van der Waals surface area contributed by atoms with Crippen LogP contribution in [0.3, 0.4) is 0 Å². The van der Waals surface area contributed by atoms with Crippen LogP contribution in [0.2, 0.25) is 0 Å². The average Bonchev–Trinajstić information content (AvgIpc) is 2.68. The van der Waals surface area contributed by atoms with Gasteiger partial charge in [-0.1, -0.05) is 0 Å². The number of carbonyl (C=O) groups excluding carboxylic acids is 1. The number of anilines is 2. The van der Waals surface area contributed by atoms with Crippen molar-refractivity contribution >= 4 is 34.6 Å². The van der Waals surface area contributed by atoms with Crippen LogP contribution >= 0.6 is 12.2 Å². The molecular formula is C20H19F4N3OS. The molecule has 4 nitrogen and oxygen atoms in total. The highest BCUT2D eigenvalue weighted by molar-refractivity contribution is 7.80. The molecule has 3 rings (SSSR count). The first-order valence-corrected chi connectivity index (χ1v) is 9.49. The van der Waals surface area contributed by atoms with Crippen LogP contribution in [0.5, 0.6) is 0 Å². The van der Waals surface area contributed by atoms with Gasteiger partial charge in [0.25, 0.3) is 5.91 Å². The van der Waals surface area contributed by atoms with Gasteiger partial charge in [-0.15, -0.1) is 0 Å². The summed E-state index contributed by atoms with van der Waals surface area (Å²) < 4.78 is 52.5. The van der Waals surface area contributed by atoms with E-state index in [-0.39, 0.29) is 16.4 Å². The molecule has 9 heteroatoms. The average molecular weight is 425 g/mol. The van der Waals surface area contributed by atoms with Crippen molar-refractivity contribution < 1.29 is 22.4 Å². The number of halogens is 4. The number of hydrogen-bond acceptors (Lipinski definition) is 3. The van der Waals surface area contributed by atoms with Crippen LogP contribution in [-0.4, -0.2) is 24.1 Å². The van der Waals surface area contributed by atoms with Crippen LogP contribution in [0.4, 0.5) is 28.9 Å². The molecule has 0 bridgehead atoms. The smallest absolute Gasteiger partial charge is 0.370 e. The van der Waals surface area contributed by atoms with Crippen LogP contribution in [0.25, 0.3) is 0 Å². The number of amides is 1. The quantitative estimate of drug-likeness (QED) is 0.539. The maximum atomic E-state index is 13.2. The largest absolute Gasteiger partial charge is 0.416 e. The lowest BCUT2D eigenvalue weighted by atomic mass is 10.1. The van der Waals surface area contributed by atoms with Crippen LogP contribution in [0, 0.1) is 5.82 Å². The van der Waals surface area contributed by atoms with E-state index in [9.17, 15) is 22.4 Å². The van der Waals surface area contributed by atoms with Crippen molar-refractivity contribution in [3.63, 3.8) is 0 Å². The van der Waals surface area contributed by atoms with E-state index < -0.39 is 23.5 Å². The van der Waals surface area contributed by atoms with Crippen molar-refractivity contribution in [3.05, 3.63) is 59.4 Å². The summed E-state index contributed by atoms with van der Waals surface area (Å²) in [6.07, 6.45) is -1.53. The minimum atomic E-state index is -4.50. The number of benzene rings is 2. The normalized spacial score (nSPS) is 14.4. The number of nitrogens with one attached hydrogen (secondary N) is 2. The summed E-state index contributed by atoms with van der Waals surface area (Å²) in [5.41, 5.74) is 0.131. The zero-order valence-electron chi connectivity index (χ0n) is 15.4. The highest BCUT2D eigenvalue weighted by Crippen LogP contribution is 2.36. The van der Waals surface area contributed by atoms with Crippen molar-refractivity contribution in [3.8, 4) is 0 Å². The molecule has 2 N–H and O–H groups in total. The van der Waals surface area contributed by atoms with Gasteiger partial charge in [0.05, 0.1) is 16.9 Å². The molecule has 154 valence electrons. The van der Waals surface area contributed by atoms with E-state index in [4.69, 9.17) is 12.2 Å². The van der Waals surface area contributed by atoms with E-state index in [0.29, 0.717) is 5.69 Å². The molecule has 2 aromatic rings. The van der Waals surface area contributed by atoms with Crippen molar-refractivity contribution in [2.24, 2.45) is 0 Å². The van der Waals surface area contributed by atoms with E-state index in [0.717, 1.165) is 56.6 Å². The number of nitrogens with zero attached hydrogens (tertiary/aromatic N) is 1. The van der Waals surface area contributed by atoms with Gasteiger partial charge in [-0.25, -0.2) is 4.39 Å². The number of piperidine rings is 1. The first-order valence-electron chi connectivity index (χ1n) is 9.08. The Morgan fingerprint density at radius 2 is 1.66 bits per heavy atom. The summed E-state index contributed by atoms with van der Waals surface area (Å²) in [4.78, 5) is 14.2. The maximum Gasteiger partial charge on any atom is 0.416 e. The summed E-state index contributed by atoms with van der Waals surface area (Å²) in [5.74, 6) is -1.08. The van der Waals surface area contributed by atoms with Gasteiger partial charge in [0, 0.05) is 18.7 Å². The van der Waals surface area contributed by atoms with Gasteiger partial charge in [-0.2, -0.15) is 13.2 Å². The number of carbonyl (C=O) groups is 1. The van der Waals surface area contributed by atoms with Crippen molar-refractivity contribution in [2.75, 3.05) is 23.3 Å². The Morgan fingerprint density at radius 1 is 1.00 bits per heavy atom. The Kier molecular flexibility index (Phi) is 6.36. The molecule has 1 fully saturated rings. The monoisotopic (exact) mass is 425 g/mol. The van der Waals surface area contributed by atoms with Gasteiger partial charge in [0.2, 0.25) is 0 Å². The highest BCUT2D eigenvalue weighted by atomic mass is 32.1. The van der Waals surface area contributed by atoms with Crippen molar-refractivity contribution in [2.45, 2.75) is 25.4 Å². The molecule has 0 radical (unpaired) electrons. The molecular weight excluding hydrogens is 406 g/mol. The second-order valence-electron chi connectivity index (χ2n) is 6.69. The number of hydrogen-bond donors (Lipinski definition) is 2. The van der Waals surface area contributed by atoms with Gasteiger partial charge in [-0.05, 0) is 73.9 Å². The fraction of sp³-hybridized carbons (Fsp3) is 0.300. The first kappa shape index (κ1) is 21.0. The predicted octanol–water partition coefficient (Wildman–Crippen LogP) is 4.96. The van der Waals surface area contributed by atoms with E-state index in [1.807, 2.05) is 4.90 Å². The molecule has 1 saturated heterocycles. The second-order valence-corrected chi connectivity index (χ2v) is 7.10. The van der Waals surface area contributed by atoms with Crippen LogP contribution in [0.15, 0.2) is 42.5 Å². The zero-order chi connectivity index (χ0) is 21.0. The third-order valence-corrected chi connectivity index (χ3v) is 4.81. The number of thiocarbonyl (C=S) groups is 1. The molecule has 0 aromatic heterocycles. The van der Waals surface area contributed by atoms with Gasteiger partial charge in [0.15, 0.2) is 5.11 Å². The van der Waals surface area contributed by atoms with Gasteiger partial charge in [0.1, 0.15) is 5.82 Å². The Bertz CT molecular complexity index is 894. The van der Waals surface area contributed by atoms with Crippen LogP contribution < -0.4 is 15.5 Å². The molecule has 0 aliphatic carbocycles. The standard InChI is InChI=1S/C20H19F4N3OS/c21-15-7-4-13(5-8-15)18(28)26-19(29)25-16-12-14(20(22,23)24)6-9-17(16)27-10-2-1-3-11-27/h4-9,12H,1-3,10-11H2,(H2,25,26,28,29). The summed E-state index contributed by atoms with van der Waals surface area (Å²) in [7, 11) is 0. The van der Waals surface area contributed by atoms with Crippen LogP contribution in [0.1, 0.15) is 35.2 Å². The van der Waals surface area contributed by atoms with Gasteiger partial charge in [-0.3, -0.25) is 10.1 Å². The molecule has 0 unspecified atom stereocenters. The summed E-state index contributed by atoms with van der Waals surface area (Å²) in [6, 6.07) is 8.28. The Morgan fingerprint density at radius 3 is 2.28 bits per heavy atom. The minimum Gasteiger partial charge on any atom is -0.370 e. The number of rotatable bonds is 3. The first-order chi connectivity index (χ1) is 13.7. The lowest BCUT2D eigenvalue weighted by molar-refractivity contribution is -0.137. The van der Waals surface area contributed by atoms with E-state index in [1.54, 1.807) is 0 Å². The summed E-state index contributed by atoms with van der Waals surface area (Å²) in [5, 5.41) is 4.99. The second kappa shape index (κ2) is 8.77. The third kappa shape index (κ3) is 5.44. The highest BCUT2D eigenvalue weighted by Gasteiger charge is 2.31. The molecule has 1 heterocycles. The topological polar surface area (TPSA) is 44.4 Å². The molecule has 1 aliphatic rings. The Balaban J connectivity index is 1.80. The van der Waals surface area contributed by atoms with E-state index in [2.05, 4.69) is 10.6 Å². The lowest BCUT2D eigenvalue weighted by Gasteiger charge is -2.31. The fourth-order valence-corrected chi connectivity index (χ4v) is 3.36. The van der Waals surface area contributed by atoms with E-state index >= 15 is 0 Å². The fourth-order valence-electron chi connectivity index (χ4n) is 3.15. The number of alkyl halides is 3. The lowest BCUT2D eigenvalue weighted by Crippen LogP contribution is -2.35. The minimum absolute atomic E-state index is 0.142. The Hall–Kier alpha value is -2.68. The molecule has 0 saturated carbocycles. The molecule has 29 heavy (non-hydrogen) atoms. The van der Waals surface area contributed by atoms with Gasteiger partial charge < -0.3 is 10.2 Å². The predicted molar refractivity (Wildman–Crippen MR) is 108 cm³/mol. The van der Waals surface area contributed by atoms with E-state index in [1.165, 1.54) is 18.2 Å². The molecule has 0 atom stereocenters. The summed E-state index contributed by atoms with van der Waals surface area (Å²) >= 11 is 5.12. The maximum absolute atomic E-state index is 13.2. The Labute approximate surface area is 170 Å². The molecule has 2 aromatic carbocycles. The van der Waals surface area contributed by atoms with Crippen molar-refractivity contribution in [1.29, 1.82) is 0 Å². The van der Waals surface area contributed by atoms with Gasteiger partial charge >= 0.3 is 6.18 Å². The van der Waals surface area contributed by atoms with Crippen LogP contribution in [-0.2, 0) is 6.18 Å². The third-order valence-electron chi connectivity index (χ3n) is 4.60. The SMILES string of the molecule is O=C(NC(=S)Nc1cc(C(F)(F)F)ccc1N1CCCCC1)c1ccc(F)cc1. The van der Waals surface area contributed by atoms with Crippen molar-refractivity contribution in [1.82, 2.24) is 5.32 Å². The molecule has 1 amide bonds. The molecule has 0 spiro atoms. The summed E-state index contributed by atoms with van der Waals surface area (Å²) in [6.45, 7) is 1.46. The molecule has 1 aliphatic heterocycles.